The van der Waals surface area contributed by atoms with Gasteiger partial charge in [0.05, 0.1) is 6.54 Å². The summed E-state index contributed by atoms with van der Waals surface area (Å²) in [6, 6.07) is 14.8. The Hall–Kier alpha value is -2.53. The largest absolute Gasteiger partial charge is 0.396 e. The average Bonchev–Trinajstić information content (AvgIpc) is 2.66. The van der Waals surface area contributed by atoms with Crippen molar-refractivity contribution in [2.24, 2.45) is 16.6 Å². The van der Waals surface area contributed by atoms with Gasteiger partial charge in [-0.25, -0.2) is 4.99 Å². The lowest BCUT2D eigenvalue weighted by Gasteiger charge is -2.32. The van der Waals surface area contributed by atoms with Crippen molar-refractivity contribution in [3.8, 4) is 0 Å². The third-order valence-electron chi connectivity index (χ3n) is 5.10. The lowest BCUT2D eigenvalue weighted by Crippen LogP contribution is -2.34. The Morgan fingerprint density at radius 1 is 1.11 bits per heavy atom. The highest BCUT2D eigenvalue weighted by Crippen LogP contribution is 2.23. The fraction of sp³-hybridized carbons (Fsp3) is 0.409. The molecule has 5 nitrogen and oxygen atoms in total. The molecule has 0 bridgehead atoms. The van der Waals surface area contributed by atoms with Crippen LogP contribution >= 0.6 is 0 Å². The van der Waals surface area contributed by atoms with Crippen LogP contribution in [0.15, 0.2) is 47.5 Å². The first-order valence-corrected chi connectivity index (χ1v) is 9.63. The summed E-state index contributed by atoms with van der Waals surface area (Å²) >= 11 is 0. The minimum atomic E-state index is 0.308. The van der Waals surface area contributed by atoms with E-state index in [1.54, 1.807) is 0 Å². The van der Waals surface area contributed by atoms with Gasteiger partial charge >= 0.3 is 0 Å². The molecule has 0 atom stereocenters. The first-order chi connectivity index (χ1) is 13.0. The van der Waals surface area contributed by atoms with Crippen LogP contribution in [-0.2, 0) is 6.54 Å². The van der Waals surface area contributed by atoms with Crippen LogP contribution in [0.3, 0.4) is 0 Å². The Morgan fingerprint density at radius 3 is 2.33 bits per heavy atom. The number of rotatable bonds is 5. The summed E-state index contributed by atoms with van der Waals surface area (Å²) in [6.07, 6.45) is 2.12. The molecule has 27 heavy (non-hydrogen) atoms. The van der Waals surface area contributed by atoms with Crippen LogP contribution in [0.1, 0.15) is 29.5 Å². The van der Waals surface area contributed by atoms with Crippen molar-refractivity contribution >= 4 is 17.3 Å². The summed E-state index contributed by atoms with van der Waals surface area (Å²) in [7, 11) is 0. The van der Waals surface area contributed by atoms with E-state index in [2.05, 4.69) is 71.5 Å². The molecule has 0 amide bonds. The van der Waals surface area contributed by atoms with Crippen molar-refractivity contribution in [1.29, 1.82) is 0 Å². The maximum absolute atomic E-state index is 9.26. The molecule has 0 saturated carbocycles. The topological polar surface area (TPSA) is 73.9 Å². The molecule has 0 radical (unpaired) electrons. The minimum absolute atomic E-state index is 0.308. The Balaban J connectivity index is 1.55. The van der Waals surface area contributed by atoms with E-state index in [-0.39, 0.29) is 0 Å². The zero-order chi connectivity index (χ0) is 19.2. The van der Waals surface area contributed by atoms with Gasteiger partial charge in [-0.05, 0) is 73.6 Å². The van der Waals surface area contributed by atoms with Crippen LogP contribution in [0.5, 0.6) is 0 Å². The van der Waals surface area contributed by atoms with Gasteiger partial charge < -0.3 is 21.1 Å². The molecule has 1 fully saturated rings. The number of hydrogen-bond acceptors (Lipinski definition) is 3. The zero-order valence-corrected chi connectivity index (χ0v) is 16.3. The third-order valence-corrected chi connectivity index (χ3v) is 5.10. The molecule has 3 rings (SSSR count). The van der Waals surface area contributed by atoms with Crippen molar-refractivity contribution in [1.82, 2.24) is 0 Å². The first-order valence-electron chi connectivity index (χ1n) is 9.63. The smallest absolute Gasteiger partial charge is 0.193 e. The average molecular weight is 367 g/mol. The number of aliphatic hydroxyl groups is 1. The van der Waals surface area contributed by atoms with E-state index in [1.165, 1.54) is 16.8 Å². The van der Waals surface area contributed by atoms with Crippen molar-refractivity contribution in [2.45, 2.75) is 33.2 Å². The normalized spacial score (nSPS) is 15.8. The van der Waals surface area contributed by atoms with Crippen LogP contribution in [0.2, 0.25) is 0 Å². The van der Waals surface area contributed by atoms with Crippen molar-refractivity contribution < 1.29 is 5.11 Å². The number of hydrogen-bond donors (Lipinski definition) is 3. The monoisotopic (exact) mass is 366 g/mol. The quantitative estimate of drug-likeness (QED) is 0.560. The molecule has 4 N–H and O–H groups in total. The molecule has 144 valence electrons. The van der Waals surface area contributed by atoms with E-state index >= 15 is 0 Å². The molecule has 0 aromatic heterocycles. The molecule has 2 aromatic rings. The number of benzene rings is 2. The molecule has 2 aromatic carbocycles. The standard InChI is InChI=1S/C22H30N4O/c1-16-11-17(2)13-20(12-16)25-22(23)24-14-18-3-5-21(6-4-18)26-9-7-19(15-27)8-10-26/h3-6,11-13,19,27H,7-10,14-15H2,1-2H3,(H3,23,24,25). The van der Waals surface area contributed by atoms with E-state index in [0.717, 1.165) is 37.2 Å². The maximum Gasteiger partial charge on any atom is 0.193 e. The Morgan fingerprint density at radius 2 is 1.74 bits per heavy atom. The molecule has 0 spiro atoms. The predicted octanol–water partition coefficient (Wildman–Crippen LogP) is 3.44. The van der Waals surface area contributed by atoms with Crippen molar-refractivity contribution in [3.05, 3.63) is 59.2 Å². The maximum atomic E-state index is 9.26. The second-order valence-electron chi connectivity index (χ2n) is 7.48. The number of aliphatic imine (C=N–C) groups is 1. The van der Waals surface area contributed by atoms with Crippen LogP contribution in [0.25, 0.3) is 0 Å². The third kappa shape index (κ3) is 5.47. The predicted molar refractivity (Wildman–Crippen MR) is 113 cm³/mol. The summed E-state index contributed by atoms with van der Waals surface area (Å²) in [5, 5.41) is 12.4. The number of anilines is 2. The van der Waals surface area contributed by atoms with Crippen LogP contribution in [-0.4, -0.2) is 30.8 Å². The van der Waals surface area contributed by atoms with Gasteiger partial charge in [0, 0.05) is 31.1 Å². The number of nitrogens with zero attached hydrogens (tertiary/aromatic N) is 2. The van der Waals surface area contributed by atoms with Gasteiger partial charge in [0.15, 0.2) is 5.96 Å². The lowest BCUT2D eigenvalue weighted by atomic mass is 9.97. The molecule has 1 saturated heterocycles. The van der Waals surface area contributed by atoms with Gasteiger partial charge in [-0.2, -0.15) is 0 Å². The van der Waals surface area contributed by atoms with E-state index < -0.39 is 0 Å². The fourth-order valence-corrected chi connectivity index (χ4v) is 3.60. The van der Waals surface area contributed by atoms with Gasteiger partial charge in [-0.3, -0.25) is 0 Å². The molecule has 0 unspecified atom stereocenters. The highest BCUT2D eigenvalue weighted by atomic mass is 16.3. The van der Waals surface area contributed by atoms with Gasteiger partial charge in [0.25, 0.3) is 0 Å². The molecule has 1 heterocycles. The molecule has 0 aliphatic carbocycles. The number of aryl methyl sites for hydroxylation is 2. The summed E-state index contributed by atoms with van der Waals surface area (Å²) < 4.78 is 0. The van der Waals surface area contributed by atoms with Gasteiger partial charge in [-0.15, -0.1) is 0 Å². The summed E-state index contributed by atoms with van der Waals surface area (Å²) in [5.74, 6) is 0.887. The Labute approximate surface area is 161 Å². The molecule has 1 aliphatic rings. The Kier molecular flexibility index (Phi) is 6.35. The molecular weight excluding hydrogens is 336 g/mol. The summed E-state index contributed by atoms with van der Waals surface area (Å²) in [6.45, 7) is 7.02. The Bertz CT molecular complexity index is 757. The molecule has 1 aliphatic heterocycles. The zero-order valence-electron chi connectivity index (χ0n) is 16.3. The van der Waals surface area contributed by atoms with Crippen LogP contribution in [0, 0.1) is 19.8 Å². The van der Waals surface area contributed by atoms with E-state index in [4.69, 9.17) is 5.73 Å². The second kappa shape index (κ2) is 8.91. The van der Waals surface area contributed by atoms with Crippen molar-refractivity contribution in [2.75, 3.05) is 29.9 Å². The number of nitrogens with two attached hydrogens (primary N) is 1. The number of aliphatic hydroxyl groups excluding tert-OH is 1. The van der Waals surface area contributed by atoms with Crippen molar-refractivity contribution in [3.63, 3.8) is 0 Å². The molecular formula is C22H30N4O. The summed E-state index contributed by atoms with van der Waals surface area (Å²) in [5.41, 5.74) is 11.8. The minimum Gasteiger partial charge on any atom is -0.396 e. The first kappa shape index (κ1) is 19.2. The van der Waals surface area contributed by atoms with Crippen LogP contribution < -0.4 is 16.0 Å². The fourth-order valence-electron chi connectivity index (χ4n) is 3.60. The van der Waals surface area contributed by atoms with Crippen LogP contribution in [0.4, 0.5) is 11.4 Å². The van der Waals surface area contributed by atoms with E-state index in [1.807, 2.05) is 0 Å². The second-order valence-corrected chi connectivity index (χ2v) is 7.48. The number of guanidine groups is 1. The highest BCUT2D eigenvalue weighted by molar-refractivity contribution is 5.92. The number of piperidine rings is 1. The lowest BCUT2D eigenvalue weighted by molar-refractivity contribution is 0.203. The summed E-state index contributed by atoms with van der Waals surface area (Å²) in [4.78, 5) is 6.84. The highest BCUT2D eigenvalue weighted by Gasteiger charge is 2.18. The number of nitrogens with one attached hydrogen (secondary N) is 1. The molecule has 5 heteroatoms. The van der Waals surface area contributed by atoms with Gasteiger partial charge in [0.2, 0.25) is 0 Å². The van der Waals surface area contributed by atoms with E-state index in [0.29, 0.717) is 25.0 Å². The van der Waals surface area contributed by atoms with E-state index in [9.17, 15) is 5.11 Å². The van der Waals surface area contributed by atoms with Gasteiger partial charge in [0.1, 0.15) is 0 Å². The van der Waals surface area contributed by atoms with Gasteiger partial charge in [-0.1, -0.05) is 18.2 Å². The SMILES string of the molecule is Cc1cc(C)cc(NC(N)=NCc2ccc(N3CCC(CO)CC3)cc2)c1.